The van der Waals surface area contributed by atoms with Crippen molar-refractivity contribution in [2.24, 2.45) is 0 Å². The topological polar surface area (TPSA) is 38.3 Å². The second-order valence-electron chi connectivity index (χ2n) is 4.11. The van der Waals surface area contributed by atoms with Crippen molar-refractivity contribution in [2.45, 2.75) is 37.6 Å². The van der Waals surface area contributed by atoms with E-state index in [1.54, 1.807) is 0 Å². The summed E-state index contributed by atoms with van der Waals surface area (Å²) >= 11 is 3.32. The molecular weight excluding hydrogens is 258 g/mol. The van der Waals surface area contributed by atoms with Crippen LogP contribution in [0.3, 0.4) is 0 Å². The van der Waals surface area contributed by atoms with Gasteiger partial charge in [-0.3, -0.25) is 4.79 Å². The van der Waals surface area contributed by atoms with E-state index in [0.717, 1.165) is 17.3 Å². The molecule has 0 saturated heterocycles. The van der Waals surface area contributed by atoms with Gasteiger partial charge in [-0.05, 0) is 12.8 Å². The maximum Gasteiger partial charge on any atom is 0.307 e. The van der Waals surface area contributed by atoms with Crippen LogP contribution in [0.25, 0.3) is 0 Å². The van der Waals surface area contributed by atoms with E-state index in [0.29, 0.717) is 13.0 Å². The van der Waals surface area contributed by atoms with E-state index in [2.05, 4.69) is 27.8 Å². The van der Waals surface area contributed by atoms with Crippen LogP contribution in [0.4, 0.5) is 0 Å². The van der Waals surface area contributed by atoms with Crippen LogP contribution in [0, 0.1) is 0 Å². The second-order valence-corrected chi connectivity index (χ2v) is 5.23. The number of ether oxygens (including phenoxy) is 1. The fraction of sp³-hybridized carbons (Fsp3) is 0.727. The zero-order valence-electron chi connectivity index (χ0n) is 9.14. The van der Waals surface area contributed by atoms with Gasteiger partial charge in [0, 0.05) is 16.6 Å². The van der Waals surface area contributed by atoms with E-state index in [1.165, 1.54) is 20.0 Å². The number of carbonyl (C=O) groups excluding carboxylic acids is 1. The van der Waals surface area contributed by atoms with E-state index < -0.39 is 0 Å². The Morgan fingerprint density at radius 3 is 2.60 bits per heavy atom. The number of nitrogens with one attached hydrogen (secondary N) is 1. The Labute approximate surface area is 99.4 Å². The summed E-state index contributed by atoms with van der Waals surface area (Å²) in [5, 5.41) is 3.41. The lowest BCUT2D eigenvalue weighted by Crippen LogP contribution is -2.45. The summed E-state index contributed by atoms with van der Waals surface area (Å²) in [4.78, 5) is 11.3. The third-order valence-electron chi connectivity index (χ3n) is 2.93. The monoisotopic (exact) mass is 275 g/mol. The van der Waals surface area contributed by atoms with Gasteiger partial charge in [0.1, 0.15) is 0 Å². The summed E-state index contributed by atoms with van der Waals surface area (Å²) < 4.78 is 5.65. The molecule has 0 spiro atoms. The van der Waals surface area contributed by atoms with Crippen LogP contribution >= 0.6 is 15.9 Å². The van der Waals surface area contributed by atoms with E-state index in [4.69, 9.17) is 4.74 Å². The summed E-state index contributed by atoms with van der Waals surface area (Å²) in [6.07, 6.45) is 4.91. The Kier molecular flexibility index (Phi) is 4.80. The Morgan fingerprint density at radius 1 is 1.53 bits per heavy atom. The summed E-state index contributed by atoms with van der Waals surface area (Å²) in [6.45, 7) is 4.49. The van der Waals surface area contributed by atoms with Crippen LogP contribution in [-0.2, 0) is 9.53 Å². The lowest BCUT2D eigenvalue weighted by molar-refractivity contribution is -0.142. The Bertz CT molecular complexity index is 247. The maximum atomic E-state index is 11.3. The molecule has 0 bridgehead atoms. The fourth-order valence-corrected chi connectivity index (χ4v) is 2.24. The van der Waals surface area contributed by atoms with Crippen molar-refractivity contribution in [2.75, 3.05) is 13.7 Å². The number of hydrogen-bond donors (Lipinski definition) is 1. The van der Waals surface area contributed by atoms with Gasteiger partial charge >= 0.3 is 5.97 Å². The highest BCUT2D eigenvalue weighted by Crippen LogP contribution is 2.33. The average Bonchev–Trinajstić information content (AvgIpc) is 2.64. The standard InChI is InChI=1S/C11H18BrNO2/c1-9(12)8-13-11(5-3-4-6-11)7-10(14)15-2/h13H,1,3-8H2,2H3. The molecule has 1 aliphatic rings. The normalized spacial score (nSPS) is 18.8. The van der Waals surface area contributed by atoms with Gasteiger partial charge < -0.3 is 10.1 Å². The van der Waals surface area contributed by atoms with Crippen molar-refractivity contribution in [3.63, 3.8) is 0 Å². The van der Waals surface area contributed by atoms with Crippen molar-refractivity contribution in [3.8, 4) is 0 Å². The van der Waals surface area contributed by atoms with E-state index in [-0.39, 0.29) is 11.5 Å². The van der Waals surface area contributed by atoms with Crippen molar-refractivity contribution >= 4 is 21.9 Å². The molecule has 0 unspecified atom stereocenters. The van der Waals surface area contributed by atoms with Gasteiger partial charge in [0.2, 0.25) is 0 Å². The van der Waals surface area contributed by atoms with Crippen molar-refractivity contribution < 1.29 is 9.53 Å². The lowest BCUT2D eigenvalue weighted by Gasteiger charge is -2.29. The molecule has 0 atom stereocenters. The van der Waals surface area contributed by atoms with Crippen LogP contribution in [0.1, 0.15) is 32.1 Å². The first-order valence-corrected chi connectivity index (χ1v) is 6.02. The summed E-state index contributed by atoms with van der Waals surface area (Å²) in [5.74, 6) is -0.135. The zero-order chi connectivity index (χ0) is 11.3. The van der Waals surface area contributed by atoms with Gasteiger partial charge in [-0.1, -0.05) is 35.4 Å². The first kappa shape index (κ1) is 12.7. The largest absolute Gasteiger partial charge is 0.469 e. The lowest BCUT2D eigenvalue weighted by atomic mass is 9.93. The summed E-state index contributed by atoms with van der Waals surface area (Å²) in [5.41, 5.74) is -0.0657. The van der Waals surface area contributed by atoms with Gasteiger partial charge in [-0.15, -0.1) is 0 Å². The third kappa shape index (κ3) is 3.95. The number of methoxy groups -OCH3 is 1. The molecule has 0 aromatic carbocycles. The molecule has 1 rings (SSSR count). The molecule has 15 heavy (non-hydrogen) atoms. The first-order valence-electron chi connectivity index (χ1n) is 5.23. The predicted molar refractivity (Wildman–Crippen MR) is 63.9 cm³/mol. The molecule has 1 saturated carbocycles. The van der Waals surface area contributed by atoms with E-state index >= 15 is 0 Å². The number of halogens is 1. The molecule has 86 valence electrons. The SMILES string of the molecule is C=C(Br)CNC1(CC(=O)OC)CCCC1. The molecule has 0 aliphatic heterocycles. The Balaban J connectivity index is 2.53. The molecule has 0 amide bonds. The van der Waals surface area contributed by atoms with Crippen LogP contribution in [0.15, 0.2) is 11.1 Å². The van der Waals surface area contributed by atoms with Gasteiger partial charge in [-0.25, -0.2) is 0 Å². The van der Waals surface area contributed by atoms with Gasteiger partial charge in [0.05, 0.1) is 13.5 Å². The first-order chi connectivity index (χ1) is 7.08. The molecule has 0 aromatic heterocycles. The van der Waals surface area contributed by atoms with Gasteiger partial charge in [0.25, 0.3) is 0 Å². The smallest absolute Gasteiger partial charge is 0.307 e. The van der Waals surface area contributed by atoms with E-state index in [9.17, 15) is 4.79 Å². The molecule has 0 aromatic rings. The van der Waals surface area contributed by atoms with Crippen molar-refractivity contribution in [3.05, 3.63) is 11.1 Å². The Morgan fingerprint density at radius 2 is 2.13 bits per heavy atom. The highest BCUT2D eigenvalue weighted by Gasteiger charge is 2.35. The van der Waals surface area contributed by atoms with Crippen molar-refractivity contribution in [1.29, 1.82) is 0 Å². The molecule has 0 heterocycles. The number of carbonyl (C=O) groups is 1. The number of hydrogen-bond acceptors (Lipinski definition) is 3. The molecule has 1 fully saturated rings. The minimum atomic E-state index is -0.135. The third-order valence-corrected chi connectivity index (χ3v) is 3.21. The van der Waals surface area contributed by atoms with Crippen LogP contribution in [0.5, 0.6) is 0 Å². The van der Waals surface area contributed by atoms with Crippen LogP contribution in [-0.4, -0.2) is 25.2 Å². The van der Waals surface area contributed by atoms with Gasteiger partial charge in [0.15, 0.2) is 0 Å². The highest BCUT2D eigenvalue weighted by atomic mass is 79.9. The highest BCUT2D eigenvalue weighted by molar-refractivity contribution is 9.11. The molecular formula is C11H18BrNO2. The molecule has 3 nitrogen and oxygen atoms in total. The number of rotatable bonds is 5. The molecule has 1 N–H and O–H groups in total. The molecule has 0 radical (unpaired) electrons. The quantitative estimate of drug-likeness (QED) is 0.783. The average molecular weight is 276 g/mol. The van der Waals surface area contributed by atoms with Gasteiger partial charge in [-0.2, -0.15) is 0 Å². The minimum absolute atomic E-state index is 0.0657. The molecule has 4 heteroatoms. The predicted octanol–water partition coefficient (Wildman–Crippen LogP) is 2.36. The fourth-order valence-electron chi connectivity index (χ4n) is 2.10. The summed E-state index contributed by atoms with van der Waals surface area (Å²) in [6, 6.07) is 0. The number of esters is 1. The zero-order valence-corrected chi connectivity index (χ0v) is 10.7. The second kappa shape index (κ2) is 5.66. The maximum absolute atomic E-state index is 11.3. The van der Waals surface area contributed by atoms with Crippen molar-refractivity contribution in [1.82, 2.24) is 5.32 Å². The Hall–Kier alpha value is -0.350. The summed E-state index contributed by atoms with van der Waals surface area (Å²) in [7, 11) is 1.44. The minimum Gasteiger partial charge on any atom is -0.469 e. The van der Waals surface area contributed by atoms with Crippen LogP contribution in [0.2, 0.25) is 0 Å². The van der Waals surface area contributed by atoms with E-state index in [1.807, 2.05) is 0 Å². The van der Waals surface area contributed by atoms with Crippen LogP contribution < -0.4 is 5.32 Å². The molecule has 1 aliphatic carbocycles.